The van der Waals surface area contributed by atoms with Gasteiger partial charge in [0.25, 0.3) is 0 Å². The van der Waals surface area contributed by atoms with E-state index in [4.69, 9.17) is 14.2 Å². The molecule has 0 aliphatic rings. The molecule has 0 saturated heterocycles. The molecule has 0 fully saturated rings. The Morgan fingerprint density at radius 3 is 1.02 bits per heavy atom. The first-order valence-corrected chi connectivity index (χ1v) is 24.8. The molecule has 0 N–H and O–H groups in total. The van der Waals surface area contributed by atoms with Crippen LogP contribution in [0, 0.1) is 11.8 Å². The first-order chi connectivity index (χ1) is 27.3. The second kappa shape index (κ2) is 43.0. The molecular weight excluding hydrogens is 697 g/mol. The number of hydrogen-bond acceptors (Lipinski definition) is 6. The first-order valence-electron chi connectivity index (χ1n) is 24.8. The summed E-state index contributed by atoms with van der Waals surface area (Å²) in [6.45, 7) is 11.4. The molecule has 2 atom stereocenters. The SMILES string of the molecule is CCCCCCCCCCCCCCCC(=O)OC[C@@H](COC(=O)CCCCCCCCCCC(C)C)OC(=O)CCCCCCCCCCCCC(C)CC. The maximum Gasteiger partial charge on any atom is 0.306 e. The fraction of sp³-hybridized carbons (Fsp3) is 0.940. The Bertz CT molecular complexity index is 856. The van der Waals surface area contributed by atoms with E-state index in [1.165, 1.54) is 161 Å². The van der Waals surface area contributed by atoms with Gasteiger partial charge in [-0.05, 0) is 31.1 Å². The van der Waals surface area contributed by atoms with Crippen molar-refractivity contribution in [1.29, 1.82) is 0 Å². The quantitative estimate of drug-likeness (QED) is 0.0347. The molecule has 0 saturated carbocycles. The lowest BCUT2D eigenvalue weighted by atomic mass is 9.99. The Kier molecular flexibility index (Phi) is 41.8. The molecule has 0 radical (unpaired) electrons. The summed E-state index contributed by atoms with van der Waals surface area (Å²) >= 11 is 0. The van der Waals surface area contributed by atoms with Crippen LogP contribution < -0.4 is 0 Å². The van der Waals surface area contributed by atoms with Gasteiger partial charge in [-0.1, -0.05) is 234 Å². The second-order valence-corrected chi connectivity index (χ2v) is 17.8. The number of carbonyl (C=O) groups is 3. The van der Waals surface area contributed by atoms with E-state index in [1.807, 2.05) is 0 Å². The van der Waals surface area contributed by atoms with E-state index in [-0.39, 0.29) is 31.1 Å². The van der Waals surface area contributed by atoms with E-state index in [0.29, 0.717) is 19.3 Å². The Hall–Kier alpha value is -1.59. The number of hydrogen-bond donors (Lipinski definition) is 0. The van der Waals surface area contributed by atoms with E-state index in [2.05, 4.69) is 34.6 Å². The van der Waals surface area contributed by atoms with E-state index < -0.39 is 6.10 Å². The fourth-order valence-corrected chi connectivity index (χ4v) is 7.43. The summed E-state index contributed by atoms with van der Waals surface area (Å²) in [5.74, 6) is 0.811. The monoisotopic (exact) mass is 793 g/mol. The standard InChI is InChI=1S/C50H96O6/c1-6-8-9-10-11-12-13-14-15-19-25-30-35-40-48(51)54-43-47(44-55-49(52)41-36-31-26-22-21-23-28-33-38-45(3)4)56-50(53)42-37-32-27-20-17-16-18-24-29-34-39-46(5)7-2/h45-47H,6-44H2,1-5H3/t46?,47-/m0/s1. The van der Waals surface area contributed by atoms with Gasteiger partial charge >= 0.3 is 17.9 Å². The third-order valence-corrected chi connectivity index (χ3v) is 11.6. The molecule has 0 spiro atoms. The van der Waals surface area contributed by atoms with Crippen LogP contribution in [0.15, 0.2) is 0 Å². The van der Waals surface area contributed by atoms with Crippen LogP contribution in [0.5, 0.6) is 0 Å². The van der Waals surface area contributed by atoms with E-state index in [0.717, 1.165) is 69.6 Å². The zero-order chi connectivity index (χ0) is 41.2. The molecule has 0 aliphatic carbocycles. The van der Waals surface area contributed by atoms with Gasteiger partial charge in [0, 0.05) is 19.3 Å². The third-order valence-electron chi connectivity index (χ3n) is 11.6. The Labute approximate surface area is 348 Å². The molecule has 0 heterocycles. The first kappa shape index (κ1) is 54.4. The summed E-state index contributed by atoms with van der Waals surface area (Å²) in [6.07, 6.45) is 42.2. The van der Waals surface area contributed by atoms with Crippen LogP contribution in [-0.2, 0) is 28.6 Å². The molecule has 1 unspecified atom stereocenters. The average Bonchev–Trinajstić information content (AvgIpc) is 3.18. The van der Waals surface area contributed by atoms with Crippen LogP contribution in [0.1, 0.15) is 272 Å². The van der Waals surface area contributed by atoms with Crippen LogP contribution >= 0.6 is 0 Å². The van der Waals surface area contributed by atoms with Crippen molar-refractivity contribution in [2.24, 2.45) is 11.8 Å². The van der Waals surface area contributed by atoms with Gasteiger partial charge in [-0.15, -0.1) is 0 Å². The average molecular weight is 793 g/mol. The number of rotatable bonds is 44. The van der Waals surface area contributed by atoms with Gasteiger partial charge in [0.15, 0.2) is 6.10 Å². The lowest BCUT2D eigenvalue weighted by molar-refractivity contribution is -0.167. The minimum Gasteiger partial charge on any atom is -0.462 e. The predicted octanol–water partition coefficient (Wildman–Crippen LogP) is 15.8. The van der Waals surface area contributed by atoms with Crippen LogP contribution in [0.3, 0.4) is 0 Å². The van der Waals surface area contributed by atoms with Gasteiger partial charge in [-0.25, -0.2) is 0 Å². The van der Waals surface area contributed by atoms with Gasteiger partial charge in [0.1, 0.15) is 13.2 Å². The highest BCUT2D eigenvalue weighted by Crippen LogP contribution is 2.17. The molecular formula is C50H96O6. The fourth-order valence-electron chi connectivity index (χ4n) is 7.43. The summed E-state index contributed by atoms with van der Waals surface area (Å²) in [6, 6.07) is 0. The minimum atomic E-state index is -0.761. The van der Waals surface area contributed by atoms with Crippen molar-refractivity contribution in [1.82, 2.24) is 0 Å². The maximum atomic E-state index is 12.8. The molecule has 6 nitrogen and oxygen atoms in total. The largest absolute Gasteiger partial charge is 0.462 e. The van der Waals surface area contributed by atoms with Crippen molar-refractivity contribution >= 4 is 17.9 Å². The van der Waals surface area contributed by atoms with E-state index in [9.17, 15) is 14.4 Å². The summed E-state index contributed by atoms with van der Waals surface area (Å²) in [4.78, 5) is 37.8. The molecule has 6 heteroatoms. The van der Waals surface area contributed by atoms with Gasteiger partial charge in [-0.2, -0.15) is 0 Å². The summed E-state index contributed by atoms with van der Waals surface area (Å²) in [7, 11) is 0. The van der Waals surface area contributed by atoms with Crippen molar-refractivity contribution in [3.8, 4) is 0 Å². The number of esters is 3. The summed E-state index contributed by atoms with van der Waals surface area (Å²) in [5.41, 5.74) is 0. The van der Waals surface area contributed by atoms with Crippen molar-refractivity contribution < 1.29 is 28.6 Å². The molecule has 0 aromatic rings. The molecule has 0 rings (SSSR count). The van der Waals surface area contributed by atoms with E-state index >= 15 is 0 Å². The maximum absolute atomic E-state index is 12.8. The van der Waals surface area contributed by atoms with Crippen molar-refractivity contribution in [3.05, 3.63) is 0 Å². The van der Waals surface area contributed by atoms with Gasteiger partial charge in [-0.3, -0.25) is 14.4 Å². The van der Waals surface area contributed by atoms with Gasteiger partial charge in [0.05, 0.1) is 0 Å². The topological polar surface area (TPSA) is 78.9 Å². The Morgan fingerprint density at radius 2 is 0.679 bits per heavy atom. The molecule has 0 bridgehead atoms. The highest BCUT2D eigenvalue weighted by molar-refractivity contribution is 5.71. The van der Waals surface area contributed by atoms with Crippen LogP contribution in [0.25, 0.3) is 0 Å². The van der Waals surface area contributed by atoms with Crippen molar-refractivity contribution in [2.45, 2.75) is 278 Å². The molecule has 56 heavy (non-hydrogen) atoms. The van der Waals surface area contributed by atoms with Crippen LogP contribution in [-0.4, -0.2) is 37.2 Å². The molecule has 332 valence electrons. The Morgan fingerprint density at radius 1 is 0.375 bits per heavy atom. The number of carbonyl (C=O) groups excluding carboxylic acids is 3. The normalized spacial score (nSPS) is 12.5. The lowest BCUT2D eigenvalue weighted by Gasteiger charge is -2.18. The summed E-state index contributed by atoms with van der Waals surface area (Å²) < 4.78 is 16.8. The Balaban J connectivity index is 4.33. The molecule has 0 aromatic carbocycles. The minimum absolute atomic E-state index is 0.0644. The van der Waals surface area contributed by atoms with Crippen LogP contribution in [0.2, 0.25) is 0 Å². The smallest absolute Gasteiger partial charge is 0.306 e. The van der Waals surface area contributed by atoms with Crippen molar-refractivity contribution in [3.63, 3.8) is 0 Å². The summed E-state index contributed by atoms with van der Waals surface area (Å²) in [5, 5.41) is 0. The molecule has 0 aliphatic heterocycles. The molecule has 0 aromatic heterocycles. The number of ether oxygens (including phenoxy) is 3. The lowest BCUT2D eigenvalue weighted by Crippen LogP contribution is -2.30. The highest BCUT2D eigenvalue weighted by atomic mass is 16.6. The third kappa shape index (κ3) is 42.0. The second-order valence-electron chi connectivity index (χ2n) is 17.8. The van der Waals surface area contributed by atoms with Gasteiger partial charge < -0.3 is 14.2 Å². The van der Waals surface area contributed by atoms with E-state index in [1.54, 1.807) is 0 Å². The number of unbranched alkanes of at least 4 members (excludes halogenated alkanes) is 28. The predicted molar refractivity (Wildman–Crippen MR) is 238 cm³/mol. The zero-order valence-electron chi connectivity index (χ0n) is 38.3. The molecule has 0 amide bonds. The highest BCUT2D eigenvalue weighted by Gasteiger charge is 2.19. The van der Waals surface area contributed by atoms with Crippen molar-refractivity contribution in [2.75, 3.05) is 13.2 Å². The van der Waals surface area contributed by atoms with Gasteiger partial charge in [0.2, 0.25) is 0 Å². The zero-order valence-corrected chi connectivity index (χ0v) is 38.3. The van der Waals surface area contributed by atoms with Crippen LogP contribution in [0.4, 0.5) is 0 Å².